The first-order valence-electron chi connectivity index (χ1n) is 7.94. The lowest BCUT2D eigenvalue weighted by Crippen LogP contribution is -2.32. The average Bonchev–Trinajstić information content (AvgIpc) is 2.87. The van der Waals surface area contributed by atoms with Crippen LogP contribution >= 0.6 is 11.3 Å². The maximum atomic E-state index is 11.8. The van der Waals surface area contributed by atoms with Crippen LogP contribution in [-0.4, -0.2) is 48.3 Å². The third-order valence-electron chi connectivity index (χ3n) is 4.11. The summed E-state index contributed by atoms with van der Waals surface area (Å²) in [5, 5.41) is 4.42. The van der Waals surface area contributed by atoms with Crippen molar-refractivity contribution in [3.63, 3.8) is 0 Å². The number of anilines is 1. The number of aromatic nitrogens is 1. The van der Waals surface area contributed by atoms with E-state index in [4.69, 9.17) is 0 Å². The molecule has 23 heavy (non-hydrogen) atoms. The minimum atomic E-state index is -3.38. The maximum absolute atomic E-state index is 11.8. The fraction of sp³-hybridized carbons (Fsp3) is 0.733. The smallest absolute Gasteiger partial charge is 0.241 e. The Morgan fingerprint density at radius 3 is 2.70 bits per heavy atom. The van der Waals surface area contributed by atoms with E-state index in [0.717, 1.165) is 31.2 Å². The fourth-order valence-electron chi connectivity index (χ4n) is 2.39. The molecule has 0 atom stereocenters. The minimum Gasteiger partial charge on any atom is -0.301 e. The first kappa shape index (κ1) is 18.4. The predicted molar refractivity (Wildman–Crippen MR) is 93.3 cm³/mol. The summed E-state index contributed by atoms with van der Waals surface area (Å²) in [6, 6.07) is 0. The van der Waals surface area contributed by atoms with Gasteiger partial charge in [-0.1, -0.05) is 6.92 Å². The first-order chi connectivity index (χ1) is 10.8. The Balaban J connectivity index is 1.86. The molecule has 2 heterocycles. The van der Waals surface area contributed by atoms with Crippen molar-refractivity contribution in [1.82, 2.24) is 9.88 Å². The Morgan fingerprint density at radius 1 is 1.43 bits per heavy atom. The summed E-state index contributed by atoms with van der Waals surface area (Å²) in [6.07, 6.45) is 2.42. The molecule has 1 fully saturated rings. The van der Waals surface area contributed by atoms with Crippen LogP contribution in [0, 0.1) is 5.92 Å². The number of amides is 1. The summed E-state index contributed by atoms with van der Waals surface area (Å²) in [6.45, 7) is 8.36. The van der Waals surface area contributed by atoms with Crippen molar-refractivity contribution in [1.29, 1.82) is 0 Å². The third-order valence-corrected chi connectivity index (χ3v) is 7.02. The van der Waals surface area contributed by atoms with Gasteiger partial charge in [-0.15, -0.1) is 11.3 Å². The van der Waals surface area contributed by atoms with Gasteiger partial charge in [-0.3, -0.25) is 9.69 Å². The molecule has 1 amide bonds. The van der Waals surface area contributed by atoms with Gasteiger partial charge in [0.25, 0.3) is 0 Å². The summed E-state index contributed by atoms with van der Waals surface area (Å²) >= 11 is 1.34. The second-order valence-corrected chi connectivity index (χ2v) is 9.92. The van der Waals surface area contributed by atoms with Crippen molar-refractivity contribution in [2.45, 2.75) is 45.4 Å². The van der Waals surface area contributed by atoms with Gasteiger partial charge in [0.15, 0.2) is 15.0 Å². The molecule has 1 aliphatic heterocycles. The van der Waals surface area contributed by atoms with Crippen LogP contribution in [0.1, 0.15) is 39.3 Å². The zero-order valence-corrected chi connectivity index (χ0v) is 15.5. The lowest BCUT2D eigenvalue weighted by Gasteiger charge is -2.29. The number of sulfone groups is 1. The van der Waals surface area contributed by atoms with Crippen molar-refractivity contribution in [3.8, 4) is 0 Å². The standard InChI is InChI=1S/C15H25N3O3S2/c1-11(2)23(20,21)10-14(19)17-15-16-13(9-22-15)8-18-6-4-12(3)5-7-18/h9,11-12H,4-8,10H2,1-3H3,(H,16,17,19). The van der Waals surface area contributed by atoms with Gasteiger partial charge in [-0.2, -0.15) is 0 Å². The number of nitrogens with one attached hydrogen (secondary N) is 1. The summed E-state index contributed by atoms with van der Waals surface area (Å²) in [4.78, 5) is 18.6. The van der Waals surface area contributed by atoms with Gasteiger partial charge in [-0.05, 0) is 45.7 Å². The second-order valence-electron chi connectivity index (χ2n) is 6.51. The van der Waals surface area contributed by atoms with E-state index in [9.17, 15) is 13.2 Å². The highest BCUT2D eigenvalue weighted by molar-refractivity contribution is 7.92. The number of piperidine rings is 1. The predicted octanol–water partition coefficient (Wildman–Crippen LogP) is 2.14. The molecular weight excluding hydrogens is 334 g/mol. The van der Waals surface area contributed by atoms with Crippen molar-refractivity contribution in [2.75, 3.05) is 24.2 Å². The zero-order valence-electron chi connectivity index (χ0n) is 13.9. The van der Waals surface area contributed by atoms with E-state index < -0.39 is 26.7 Å². The molecule has 0 saturated carbocycles. The van der Waals surface area contributed by atoms with Crippen molar-refractivity contribution < 1.29 is 13.2 Å². The molecule has 2 rings (SSSR count). The van der Waals surface area contributed by atoms with Gasteiger partial charge in [0.1, 0.15) is 5.75 Å². The second kappa shape index (κ2) is 7.72. The highest BCUT2D eigenvalue weighted by Gasteiger charge is 2.21. The number of hydrogen-bond donors (Lipinski definition) is 1. The SMILES string of the molecule is CC1CCN(Cc2csc(NC(=O)CS(=O)(=O)C(C)C)n2)CC1. The van der Waals surface area contributed by atoms with Crippen LogP contribution in [0.5, 0.6) is 0 Å². The average molecular weight is 360 g/mol. The Hall–Kier alpha value is -0.990. The Bertz CT molecular complexity index is 632. The summed E-state index contributed by atoms with van der Waals surface area (Å²) < 4.78 is 23.5. The van der Waals surface area contributed by atoms with E-state index >= 15 is 0 Å². The molecule has 1 saturated heterocycles. The molecular formula is C15H25N3O3S2. The van der Waals surface area contributed by atoms with E-state index in [2.05, 4.69) is 22.1 Å². The monoisotopic (exact) mass is 359 g/mol. The number of thiazole rings is 1. The molecule has 8 heteroatoms. The number of nitrogens with zero attached hydrogens (tertiary/aromatic N) is 2. The molecule has 0 unspecified atom stereocenters. The Labute approximate surface area is 142 Å². The Morgan fingerprint density at radius 2 is 2.09 bits per heavy atom. The lowest BCUT2D eigenvalue weighted by molar-refractivity contribution is -0.113. The number of likely N-dealkylation sites (tertiary alicyclic amines) is 1. The zero-order chi connectivity index (χ0) is 17.0. The summed E-state index contributed by atoms with van der Waals surface area (Å²) in [5.74, 6) is -0.227. The van der Waals surface area contributed by atoms with E-state index in [1.807, 2.05) is 5.38 Å². The first-order valence-corrected chi connectivity index (χ1v) is 10.5. The molecule has 0 aliphatic carbocycles. The van der Waals surface area contributed by atoms with Crippen LogP contribution in [0.3, 0.4) is 0 Å². The molecule has 6 nitrogen and oxygen atoms in total. The number of carbonyl (C=O) groups excluding carboxylic acids is 1. The molecule has 0 bridgehead atoms. The van der Waals surface area contributed by atoms with Crippen LogP contribution < -0.4 is 5.32 Å². The molecule has 1 N–H and O–H groups in total. The molecule has 0 radical (unpaired) electrons. The van der Waals surface area contributed by atoms with Gasteiger partial charge in [0.05, 0.1) is 10.9 Å². The molecule has 0 aromatic carbocycles. The van der Waals surface area contributed by atoms with Crippen LogP contribution in [-0.2, 0) is 21.2 Å². The fourth-order valence-corrected chi connectivity index (χ4v) is 3.88. The van der Waals surface area contributed by atoms with E-state index in [1.54, 1.807) is 13.8 Å². The minimum absolute atomic E-state index is 0.467. The molecule has 0 spiro atoms. The van der Waals surface area contributed by atoms with Crippen molar-refractivity contribution in [3.05, 3.63) is 11.1 Å². The van der Waals surface area contributed by atoms with Gasteiger partial charge in [0, 0.05) is 11.9 Å². The van der Waals surface area contributed by atoms with Crippen molar-refractivity contribution >= 4 is 32.2 Å². The molecule has 1 aliphatic rings. The summed E-state index contributed by atoms with van der Waals surface area (Å²) in [7, 11) is -3.38. The van der Waals surface area contributed by atoms with E-state index in [-0.39, 0.29) is 0 Å². The van der Waals surface area contributed by atoms with Gasteiger partial charge in [0.2, 0.25) is 5.91 Å². The highest BCUT2D eigenvalue weighted by Crippen LogP contribution is 2.21. The van der Waals surface area contributed by atoms with Crippen molar-refractivity contribution in [2.24, 2.45) is 5.92 Å². The maximum Gasteiger partial charge on any atom is 0.241 e. The van der Waals surface area contributed by atoms with Crippen LogP contribution in [0.2, 0.25) is 0 Å². The van der Waals surface area contributed by atoms with Gasteiger partial charge >= 0.3 is 0 Å². The number of rotatable bonds is 6. The van der Waals surface area contributed by atoms with Gasteiger partial charge in [-0.25, -0.2) is 13.4 Å². The molecule has 130 valence electrons. The van der Waals surface area contributed by atoms with E-state index in [0.29, 0.717) is 5.13 Å². The number of hydrogen-bond acceptors (Lipinski definition) is 6. The Kier molecular flexibility index (Phi) is 6.16. The third kappa shape index (κ3) is 5.54. The van der Waals surface area contributed by atoms with Crippen LogP contribution in [0.15, 0.2) is 5.38 Å². The van der Waals surface area contributed by atoms with Gasteiger partial charge < -0.3 is 5.32 Å². The van der Waals surface area contributed by atoms with Crippen LogP contribution in [0.25, 0.3) is 0 Å². The number of carbonyl (C=O) groups is 1. The highest BCUT2D eigenvalue weighted by atomic mass is 32.2. The molecule has 1 aromatic heterocycles. The van der Waals surface area contributed by atoms with Crippen LogP contribution in [0.4, 0.5) is 5.13 Å². The molecule has 1 aromatic rings. The topological polar surface area (TPSA) is 79.4 Å². The largest absolute Gasteiger partial charge is 0.301 e. The normalized spacial score (nSPS) is 17.6. The quantitative estimate of drug-likeness (QED) is 0.842. The summed E-state index contributed by atoms with van der Waals surface area (Å²) in [5.41, 5.74) is 0.923. The lowest BCUT2D eigenvalue weighted by atomic mass is 9.99. The van der Waals surface area contributed by atoms with E-state index in [1.165, 1.54) is 24.2 Å².